The third-order valence-electron chi connectivity index (χ3n) is 4.67. The van der Waals surface area contributed by atoms with E-state index in [2.05, 4.69) is 60.3 Å². The van der Waals surface area contributed by atoms with Crippen LogP contribution in [-0.4, -0.2) is 62.8 Å². The second kappa shape index (κ2) is 10.0. The van der Waals surface area contributed by atoms with Crippen LogP contribution >= 0.6 is 0 Å². The molecule has 1 atom stereocenters. The van der Waals surface area contributed by atoms with Gasteiger partial charge in [-0.1, -0.05) is 31.2 Å². The van der Waals surface area contributed by atoms with Crippen LogP contribution in [0.3, 0.4) is 0 Å². The Morgan fingerprint density at radius 1 is 1.30 bits per heavy atom. The Hall–Kier alpha value is -0.940. The summed E-state index contributed by atoms with van der Waals surface area (Å²) < 4.78 is 5.42. The van der Waals surface area contributed by atoms with E-state index in [1.165, 1.54) is 17.5 Å². The fourth-order valence-corrected chi connectivity index (χ4v) is 2.92. The maximum absolute atomic E-state index is 5.42. The molecule has 4 nitrogen and oxygen atoms in total. The number of nitrogens with zero attached hydrogens (tertiary/aromatic N) is 2. The Bertz CT molecular complexity index is 446. The van der Waals surface area contributed by atoms with E-state index < -0.39 is 0 Å². The monoisotopic (exact) mass is 319 g/mol. The molecule has 1 aliphatic rings. The van der Waals surface area contributed by atoms with Crippen LogP contribution in [0.2, 0.25) is 0 Å². The summed E-state index contributed by atoms with van der Waals surface area (Å²) in [6, 6.07) is 9.42. The fraction of sp³-hybridized carbons (Fsp3) is 0.684. The number of hydrogen-bond donors (Lipinski definition) is 1. The van der Waals surface area contributed by atoms with Crippen molar-refractivity contribution in [1.29, 1.82) is 0 Å². The first-order valence-corrected chi connectivity index (χ1v) is 9.00. The van der Waals surface area contributed by atoms with Gasteiger partial charge in [0.2, 0.25) is 0 Å². The normalized spacial score (nSPS) is 17.6. The van der Waals surface area contributed by atoms with E-state index in [4.69, 9.17) is 4.74 Å². The molecule has 0 spiro atoms. The SMILES string of the molecule is CCN(C)CCCNC(C)c1cccc(CN2CCOCC2)c1. The smallest absolute Gasteiger partial charge is 0.0594 e. The largest absolute Gasteiger partial charge is 0.379 e. The van der Waals surface area contributed by atoms with Crippen LogP contribution in [0.1, 0.15) is 37.4 Å². The average Bonchev–Trinajstić information content (AvgIpc) is 2.59. The van der Waals surface area contributed by atoms with Crippen molar-refractivity contribution in [2.24, 2.45) is 0 Å². The van der Waals surface area contributed by atoms with Crippen molar-refractivity contribution in [3.63, 3.8) is 0 Å². The van der Waals surface area contributed by atoms with Crippen LogP contribution in [0.25, 0.3) is 0 Å². The van der Waals surface area contributed by atoms with Gasteiger partial charge in [0.25, 0.3) is 0 Å². The minimum atomic E-state index is 0.409. The summed E-state index contributed by atoms with van der Waals surface area (Å²) in [5, 5.41) is 3.65. The van der Waals surface area contributed by atoms with E-state index >= 15 is 0 Å². The molecule has 2 rings (SSSR count). The summed E-state index contributed by atoms with van der Waals surface area (Å²) in [6.45, 7) is 12.7. The molecule has 1 fully saturated rings. The summed E-state index contributed by atoms with van der Waals surface area (Å²) >= 11 is 0. The number of morpholine rings is 1. The molecule has 4 heteroatoms. The number of ether oxygens (including phenoxy) is 1. The van der Waals surface area contributed by atoms with Gasteiger partial charge in [-0.2, -0.15) is 0 Å². The predicted molar refractivity (Wildman–Crippen MR) is 96.7 cm³/mol. The van der Waals surface area contributed by atoms with E-state index in [-0.39, 0.29) is 0 Å². The third-order valence-corrected chi connectivity index (χ3v) is 4.67. The van der Waals surface area contributed by atoms with Gasteiger partial charge in [0.15, 0.2) is 0 Å². The van der Waals surface area contributed by atoms with E-state index in [0.29, 0.717) is 6.04 Å². The van der Waals surface area contributed by atoms with Crippen LogP contribution in [-0.2, 0) is 11.3 Å². The zero-order valence-corrected chi connectivity index (χ0v) is 15.1. The first-order chi connectivity index (χ1) is 11.2. The summed E-state index contributed by atoms with van der Waals surface area (Å²) in [7, 11) is 2.18. The maximum Gasteiger partial charge on any atom is 0.0594 e. The minimum Gasteiger partial charge on any atom is -0.379 e. The van der Waals surface area contributed by atoms with Gasteiger partial charge in [0.1, 0.15) is 0 Å². The van der Waals surface area contributed by atoms with Crippen molar-refractivity contribution in [3.8, 4) is 0 Å². The van der Waals surface area contributed by atoms with Crippen molar-refractivity contribution in [2.75, 3.05) is 53.0 Å². The lowest BCUT2D eigenvalue weighted by Gasteiger charge is -2.27. The van der Waals surface area contributed by atoms with Gasteiger partial charge < -0.3 is 15.0 Å². The van der Waals surface area contributed by atoms with Crippen molar-refractivity contribution in [3.05, 3.63) is 35.4 Å². The number of nitrogens with one attached hydrogen (secondary N) is 1. The van der Waals surface area contributed by atoms with Crippen LogP contribution in [0.15, 0.2) is 24.3 Å². The molecule has 0 saturated carbocycles. The Morgan fingerprint density at radius 3 is 2.83 bits per heavy atom. The maximum atomic E-state index is 5.42. The van der Waals surface area contributed by atoms with Crippen LogP contribution in [0.5, 0.6) is 0 Å². The van der Waals surface area contributed by atoms with Crippen molar-refractivity contribution >= 4 is 0 Å². The molecule has 0 radical (unpaired) electrons. The molecule has 0 amide bonds. The van der Waals surface area contributed by atoms with Crippen molar-refractivity contribution in [2.45, 2.75) is 32.9 Å². The Kier molecular flexibility index (Phi) is 8.03. The molecule has 1 N–H and O–H groups in total. The average molecular weight is 319 g/mol. The zero-order chi connectivity index (χ0) is 16.5. The topological polar surface area (TPSA) is 27.7 Å². The predicted octanol–water partition coefficient (Wildman–Crippen LogP) is 2.51. The van der Waals surface area contributed by atoms with Crippen LogP contribution in [0, 0.1) is 0 Å². The molecule has 23 heavy (non-hydrogen) atoms. The lowest BCUT2D eigenvalue weighted by atomic mass is 10.0. The summed E-state index contributed by atoms with van der Waals surface area (Å²) in [5.74, 6) is 0. The molecule has 1 saturated heterocycles. The molecule has 0 bridgehead atoms. The molecule has 1 aromatic rings. The van der Waals surface area contributed by atoms with E-state index in [9.17, 15) is 0 Å². The molecule has 1 aliphatic heterocycles. The molecule has 1 aromatic carbocycles. The van der Waals surface area contributed by atoms with Gasteiger partial charge in [-0.3, -0.25) is 4.90 Å². The summed E-state index contributed by atoms with van der Waals surface area (Å²) in [5.41, 5.74) is 2.79. The second-order valence-electron chi connectivity index (χ2n) is 6.56. The molecule has 0 aliphatic carbocycles. The van der Waals surface area contributed by atoms with Gasteiger partial charge in [-0.15, -0.1) is 0 Å². The minimum absolute atomic E-state index is 0.409. The van der Waals surface area contributed by atoms with E-state index in [1.54, 1.807) is 0 Å². The van der Waals surface area contributed by atoms with Gasteiger partial charge in [0.05, 0.1) is 13.2 Å². The highest BCUT2D eigenvalue weighted by Crippen LogP contribution is 2.16. The lowest BCUT2D eigenvalue weighted by Crippen LogP contribution is -2.35. The molecule has 1 unspecified atom stereocenters. The molecule has 1 heterocycles. The van der Waals surface area contributed by atoms with Crippen LogP contribution < -0.4 is 5.32 Å². The van der Waals surface area contributed by atoms with Crippen molar-refractivity contribution in [1.82, 2.24) is 15.1 Å². The molecular weight excluding hydrogens is 286 g/mol. The highest BCUT2D eigenvalue weighted by Gasteiger charge is 2.12. The Balaban J connectivity index is 1.78. The first-order valence-electron chi connectivity index (χ1n) is 9.00. The highest BCUT2D eigenvalue weighted by atomic mass is 16.5. The van der Waals surface area contributed by atoms with Gasteiger partial charge in [0, 0.05) is 25.7 Å². The third kappa shape index (κ3) is 6.60. The Labute approximate surface area is 141 Å². The standard InChI is InChI=1S/C19H33N3O/c1-4-21(3)10-6-9-20-17(2)19-8-5-7-18(15-19)16-22-11-13-23-14-12-22/h5,7-8,15,17,20H,4,6,9-14,16H2,1-3H3. The number of benzene rings is 1. The van der Waals surface area contributed by atoms with Gasteiger partial charge >= 0.3 is 0 Å². The fourth-order valence-electron chi connectivity index (χ4n) is 2.92. The lowest BCUT2D eigenvalue weighted by molar-refractivity contribution is 0.0342. The zero-order valence-electron chi connectivity index (χ0n) is 15.1. The van der Waals surface area contributed by atoms with Crippen LogP contribution in [0.4, 0.5) is 0 Å². The van der Waals surface area contributed by atoms with Gasteiger partial charge in [-0.25, -0.2) is 0 Å². The van der Waals surface area contributed by atoms with E-state index in [1.807, 2.05) is 0 Å². The summed E-state index contributed by atoms with van der Waals surface area (Å²) in [4.78, 5) is 4.83. The molecule has 130 valence electrons. The second-order valence-corrected chi connectivity index (χ2v) is 6.56. The first kappa shape index (κ1) is 18.4. The quantitative estimate of drug-likeness (QED) is 0.708. The van der Waals surface area contributed by atoms with Gasteiger partial charge in [-0.05, 0) is 51.2 Å². The molecular formula is C19H33N3O. The summed E-state index contributed by atoms with van der Waals surface area (Å²) in [6.07, 6.45) is 1.20. The highest BCUT2D eigenvalue weighted by molar-refractivity contribution is 5.25. The molecule has 0 aromatic heterocycles. The number of hydrogen-bond acceptors (Lipinski definition) is 4. The Morgan fingerprint density at radius 2 is 2.09 bits per heavy atom. The van der Waals surface area contributed by atoms with E-state index in [0.717, 1.165) is 52.5 Å². The van der Waals surface area contributed by atoms with Crippen molar-refractivity contribution < 1.29 is 4.74 Å². The number of rotatable bonds is 9.